The Morgan fingerprint density at radius 3 is 2.66 bits per heavy atom. The number of rotatable bonds is 5. The molecule has 0 aliphatic heterocycles. The number of hydrogen-bond donors (Lipinski definition) is 1. The molecule has 0 spiro atoms. The largest absolute Gasteiger partial charge is 0.484 e. The van der Waals surface area contributed by atoms with Crippen LogP contribution in [0.1, 0.15) is 5.56 Å². The molecule has 3 aromatic heterocycles. The molecule has 6 nitrogen and oxygen atoms in total. The molecule has 0 fully saturated rings. The maximum Gasteiger partial charge on any atom is 0.263 e. The Bertz CT molecular complexity index is 1810. The highest BCUT2D eigenvalue weighted by Crippen LogP contribution is 2.34. The zero-order valence-electron chi connectivity index (χ0n) is 18.2. The summed E-state index contributed by atoms with van der Waals surface area (Å²) in [5.41, 5.74) is 2.35. The van der Waals surface area contributed by atoms with E-state index in [-0.39, 0.29) is 29.3 Å². The number of aromatic nitrogens is 2. The number of carbonyl (C=O) groups excluding carboxylic acids is 1. The van der Waals surface area contributed by atoms with Crippen molar-refractivity contribution < 1.29 is 13.9 Å². The predicted molar refractivity (Wildman–Crippen MR) is 134 cm³/mol. The maximum absolute atomic E-state index is 13.9. The third kappa shape index (κ3) is 3.43. The average molecular weight is 486 g/mol. The first-order valence-corrected chi connectivity index (χ1v) is 11.3. The van der Waals surface area contributed by atoms with Gasteiger partial charge in [-0.15, -0.1) is 0 Å². The number of hydrogen-bond acceptors (Lipinski definition) is 4. The summed E-state index contributed by atoms with van der Waals surface area (Å²) < 4.78 is 21.3. The molecular weight excluding hydrogens is 469 g/mol. The van der Waals surface area contributed by atoms with Crippen molar-refractivity contribution in [2.45, 2.75) is 6.54 Å². The fraction of sp³-hybridized carbons (Fsp3) is 0.0741. The van der Waals surface area contributed by atoms with E-state index < -0.39 is 11.7 Å². The molecule has 0 saturated carbocycles. The van der Waals surface area contributed by atoms with Crippen LogP contribution in [0.2, 0.25) is 5.02 Å². The van der Waals surface area contributed by atoms with Crippen LogP contribution < -0.4 is 15.6 Å². The van der Waals surface area contributed by atoms with Gasteiger partial charge >= 0.3 is 0 Å². The molecule has 6 rings (SSSR count). The van der Waals surface area contributed by atoms with Gasteiger partial charge in [0, 0.05) is 44.9 Å². The zero-order valence-corrected chi connectivity index (χ0v) is 19.0. The third-order valence-electron chi connectivity index (χ3n) is 6.16. The lowest BCUT2D eigenvalue weighted by atomic mass is 10.1. The fourth-order valence-corrected chi connectivity index (χ4v) is 4.76. The van der Waals surface area contributed by atoms with Crippen molar-refractivity contribution in [1.82, 2.24) is 14.7 Å². The topological polar surface area (TPSA) is 72.7 Å². The van der Waals surface area contributed by atoms with Gasteiger partial charge in [-0.3, -0.25) is 19.0 Å². The zero-order chi connectivity index (χ0) is 24.1. The fourth-order valence-electron chi connectivity index (χ4n) is 4.53. The quantitative estimate of drug-likeness (QED) is 0.346. The van der Waals surface area contributed by atoms with Gasteiger partial charge in [-0.05, 0) is 42.5 Å². The Balaban J connectivity index is 1.32. The van der Waals surface area contributed by atoms with Crippen LogP contribution in [-0.2, 0) is 11.3 Å². The highest BCUT2D eigenvalue weighted by molar-refractivity contribution is 6.31. The van der Waals surface area contributed by atoms with Crippen LogP contribution in [0.5, 0.6) is 5.75 Å². The summed E-state index contributed by atoms with van der Waals surface area (Å²) in [6, 6.07) is 19.0. The molecule has 0 aliphatic carbocycles. The third-order valence-corrected chi connectivity index (χ3v) is 6.51. The van der Waals surface area contributed by atoms with Crippen LogP contribution in [0.25, 0.3) is 38.1 Å². The van der Waals surface area contributed by atoms with Crippen molar-refractivity contribution in [3.63, 3.8) is 0 Å². The number of halogens is 2. The van der Waals surface area contributed by atoms with Gasteiger partial charge in [0.05, 0.1) is 16.6 Å². The molecule has 35 heavy (non-hydrogen) atoms. The molecule has 6 aromatic rings. The second-order valence-electron chi connectivity index (χ2n) is 8.19. The van der Waals surface area contributed by atoms with Crippen LogP contribution in [-0.4, -0.2) is 21.9 Å². The van der Waals surface area contributed by atoms with E-state index in [0.29, 0.717) is 11.1 Å². The van der Waals surface area contributed by atoms with E-state index in [1.807, 2.05) is 30.3 Å². The van der Waals surface area contributed by atoms with E-state index >= 15 is 0 Å². The summed E-state index contributed by atoms with van der Waals surface area (Å²) >= 11 is 6.01. The summed E-state index contributed by atoms with van der Waals surface area (Å²) in [7, 11) is 0. The van der Waals surface area contributed by atoms with Crippen molar-refractivity contribution in [2.24, 2.45) is 0 Å². The second-order valence-corrected chi connectivity index (χ2v) is 8.59. The van der Waals surface area contributed by atoms with Crippen molar-refractivity contribution in [1.29, 1.82) is 0 Å². The molecular formula is C27H17ClFN3O3. The molecule has 0 unspecified atom stereocenters. The predicted octanol–water partition coefficient (Wildman–Crippen LogP) is 5.08. The van der Waals surface area contributed by atoms with E-state index in [1.165, 1.54) is 12.1 Å². The molecule has 3 aromatic carbocycles. The van der Waals surface area contributed by atoms with Gasteiger partial charge in [0.25, 0.3) is 11.5 Å². The lowest BCUT2D eigenvalue weighted by Crippen LogP contribution is -2.28. The Morgan fingerprint density at radius 2 is 1.83 bits per heavy atom. The Hall–Kier alpha value is -4.23. The van der Waals surface area contributed by atoms with Gasteiger partial charge in [-0.25, -0.2) is 4.39 Å². The van der Waals surface area contributed by atoms with Gasteiger partial charge in [0.15, 0.2) is 6.61 Å². The summed E-state index contributed by atoms with van der Waals surface area (Å²) in [5, 5.41) is 5.96. The summed E-state index contributed by atoms with van der Waals surface area (Å²) in [6.07, 6.45) is 1.73. The molecule has 0 bridgehead atoms. The minimum atomic E-state index is -0.483. The van der Waals surface area contributed by atoms with E-state index in [1.54, 1.807) is 34.9 Å². The SMILES string of the molecule is O=C(COc1ccc2c(c1)c1ccnc3c4ccccc4c(=O)n2c13)NCc1c(F)cccc1Cl. The van der Waals surface area contributed by atoms with E-state index in [9.17, 15) is 14.0 Å². The number of carbonyl (C=O) groups is 1. The first-order chi connectivity index (χ1) is 17.0. The number of amides is 1. The van der Waals surface area contributed by atoms with Crippen LogP contribution >= 0.6 is 11.6 Å². The van der Waals surface area contributed by atoms with Crippen LogP contribution in [0.3, 0.4) is 0 Å². The van der Waals surface area contributed by atoms with Crippen molar-refractivity contribution in [3.8, 4) is 5.75 Å². The highest BCUT2D eigenvalue weighted by atomic mass is 35.5. The number of ether oxygens (including phenoxy) is 1. The molecule has 1 N–H and O–H groups in total. The molecule has 0 atom stereocenters. The number of nitrogens with zero attached hydrogens (tertiary/aromatic N) is 2. The number of pyridine rings is 2. The number of benzene rings is 3. The van der Waals surface area contributed by atoms with E-state index in [2.05, 4.69) is 10.3 Å². The van der Waals surface area contributed by atoms with Gasteiger partial charge in [0.2, 0.25) is 0 Å². The van der Waals surface area contributed by atoms with E-state index in [0.717, 1.165) is 32.7 Å². The molecule has 172 valence electrons. The van der Waals surface area contributed by atoms with Gasteiger partial charge in [-0.1, -0.05) is 35.9 Å². The second kappa shape index (κ2) is 8.21. The lowest BCUT2D eigenvalue weighted by molar-refractivity contribution is -0.123. The van der Waals surface area contributed by atoms with Crippen LogP contribution in [0.15, 0.2) is 77.7 Å². The summed E-state index contributed by atoms with van der Waals surface area (Å²) in [5.74, 6) is -0.427. The summed E-state index contributed by atoms with van der Waals surface area (Å²) in [4.78, 5) is 30.2. The molecule has 8 heteroatoms. The van der Waals surface area contributed by atoms with Crippen molar-refractivity contribution in [3.05, 3.63) is 99.7 Å². The first kappa shape index (κ1) is 21.3. The normalized spacial score (nSPS) is 11.6. The monoisotopic (exact) mass is 485 g/mol. The van der Waals surface area contributed by atoms with Crippen LogP contribution in [0, 0.1) is 5.82 Å². The molecule has 3 heterocycles. The molecule has 1 amide bonds. The number of fused-ring (bicyclic) bond motifs is 5. The Kier molecular flexibility index (Phi) is 5.00. The Labute approximate surface area is 202 Å². The minimum Gasteiger partial charge on any atom is -0.484 e. The van der Waals surface area contributed by atoms with Crippen molar-refractivity contribution in [2.75, 3.05) is 6.61 Å². The average Bonchev–Trinajstić information content (AvgIpc) is 3.20. The first-order valence-electron chi connectivity index (χ1n) is 10.9. The molecule has 0 saturated heterocycles. The Morgan fingerprint density at radius 1 is 1.00 bits per heavy atom. The van der Waals surface area contributed by atoms with Gasteiger partial charge in [0.1, 0.15) is 11.6 Å². The standard InChI is InChI=1S/C27H17ClFN3O3/c28-21-6-3-7-22(29)20(21)13-31-24(33)14-35-15-8-9-23-19(12-15)17-10-11-30-25-16-4-1-2-5-18(16)27(34)32(23)26(17)25/h1-12H,13-14H2,(H,31,33). The maximum atomic E-state index is 13.9. The minimum absolute atomic E-state index is 0.0430. The molecule has 0 radical (unpaired) electrons. The summed E-state index contributed by atoms with van der Waals surface area (Å²) in [6.45, 7) is -0.300. The van der Waals surface area contributed by atoms with Crippen LogP contribution in [0.4, 0.5) is 4.39 Å². The van der Waals surface area contributed by atoms with Gasteiger partial charge < -0.3 is 10.1 Å². The highest BCUT2D eigenvalue weighted by Gasteiger charge is 2.18. The van der Waals surface area contributed by atoms with Crippen molar-refractivity contribution >= 4 is 55.6 Å². The lowest BCUT2D eigenvalue weighted by Gasteiger charge is -2.09. The number of nitrogens with one attached hydrogen (secondary N) is 1. The smallest absolute Gasteiger partial charge is 0.263 e. The molecule has 0 aliphatic rings. The van der Waals surface area contributed by atoms with Gasteiger partial charge in [-0.2, -0.15) is 0 Å². The van der Waals surface area contributed by atoms with E-state index in [4.69, 9.17) is 16.3 Å².